The maximum atomic E-state index is 13.0. The Balaban J connectivity index is 1.15. The Morgan fingerprint density at radius 2 is 1.87 bits per heavy atom. The van der Waals surface area contributed by atoms with E-state index in [1.807, 2.05) is 47.5 Å². The van der Waals surface area contributed by atoms with Gasteiger partial charge in [0.1, 0.15) is 0 Å². The van der Waals surface area contributed by atoms with Crippen LogP contribution in [0.3, 0.4) is 0 Å². The Bertz CT molecular complexity index is 1640. The summed E-state index contributed by atoms with van der Waals surface area (Å²) in [6.07, 6.45) is 8.93. The summed E-state index contributed by atoms with van der Waals surface area (Å²) in [5.41, 5.74) is 5.84. The number of carbonyl (C=O) groups is 2. The molecule has 1 fully saturated rings. The minimum absolute atomic E-state index is 0.0000544. The summed E-state index contributed by atoms with van der Waals surface area (Å²) < 4.78 is 1.69. The van der Waals surface area contributed by atoms with Crippen LogP contribution >= 0.6 is 0 Å². The molecule has 4 heterocycles. The quantitative estimate of drug-likeness (QED) is 0.320. The van der Waals surface area contributed by atoms with Gasteiger partial charge in [-0.05, 0) is 48.1 Å². The number of nitrogens with one attached hydrogen (secondary N) is 2. The Hall–Kier alpha value is -4.72. The third-order valence-corrected chi connectivity index (χ3v) is 7.30. The lowest BCUT2D eigenvalue weighted by atomic mass is 9.89. The van der Waals surface area contributed by atoms with Gasteiger partial charge in [-0.15, -0.1) is 5.10 Å². The van der Waals surface area contributed by atoms with Crippen molar-refractivity contribution in [3.63, 3.8) is 0 Å². The smallest absolute Gasteiger partial charge is 0.245 e. The molecule has 0 saturated carbocycles. The molecule has 1 aliphatic heterocycles. The topological polar surface area (TPSA) is 95.4 Å². The summed E-state index contributed by atoms with van der Waals surface area (Å²) in [6.45, 7) is 5.07. The SMILES string of the molecule is C=CC(=O)N1CCC(c2ccc(CC(=O)Nc3cc(-c4c[nH]c5ccccc45)c4nccn4n3)cc2)CC1. The maximum absolute atomic E-state index is 13.0. The Kier molecular flexibility index (Phi) is 6.21. The molecule has 0 atom stereocenters. The molecule has 2 aromatic carbocycles. The summed E-state index contributed by atoms with van der Waals surface area (Å²) in [7, 11) is 0. The van der Waals surface area contributed by atoms with Crippen molar-refractivity contribution in [3.8, 4) is 11.1 Å². The first-order valence-corrected chi connectivity index (χ1v) is 12.8. The second kappa shape index (κ2) is 9.97. The highest BCUT2D eigenvalue weighted by molar-refractivity contribution is 6.00. The number of para-hydroxylation sites is 1. The highest BCUT2D eigenvalue weighted by Gasteiger charge is 2.22. The fraction of sp³-hybridized carbons (Fsp3) is 0.200. The highest BCUT2D eigenvalue weighted by Crippen LogP contribution is 2.32. The van der Waals surface area contributed by atoms with Gasteiger partial charge in [-0.25, -0.2) is 9.50 Å². The number of amides is 2. The molecule has 3 aromatic heterocycles. The van der Waals surface area contributed by atoms with E-state index in [0.29, 0.717) is 11.7 Å². The van der Waals surface area contributed by atoms with Crippen LogP contribution in [-0.4, -0.2) is 49.4 Å². The van der Waals surface area contributed by atoms with Gasteiger partial charge < -0.3 is 15.2 Å². The van der Waals surface area contributed by atoms with Crippen molar-refractivity contribution in [2.45, 2.75) is 25.2 Å². The number of aromatic nitrogens is 4. The van der Waals surface area contributed by atoms with Crippen molar-refractivity contribution in [2.24, 2.45) is 0 Å². The molecule has 2 N–H and O–H groups in total. The summed E-state index contributed by atoms with van der Waals surface area (Å²) in [5, 5.41) is 8.59. The van der Waals surface area contributed by atoms with Gasteiger partial charge in [0, 0.05) is 53.7 Å². The molecule has 0 aliphatic carbocycles. The number of benzene rings is 2. The Labute approximate surface area is 220 Å². The number of imidazole rings is 1. The van der Waals surface area contributed by atoms with Crippen LogP contribution in [0.2, 0.25) is 0 Å². The molecule has 38 heavy (non-hydrogen) atoms. The monoisotopic (exact) mass is 504 g/mol. The Morgan fingerprint density at radius 1 is 1.08 bits per heavy atom. The molecule has 0 unspecified atom stereocenters. The zero-order chi connectivity index (χ0) is 26.1. The van der Waals surface area contributed by atoms with E-state index < -0.39 is 0 Å². The first-order valence-electron chi connectivity index (χ1n) is 12.8. The average molecular weight is 505 g/mol. The number of carbonyl (C=O) groups excluding carboxylic acids is 2. The largest absolute Gasteiger partial charge is 0.361 e. The van der Waals surface area contributed by atoms with Crippen molar-refractivity contribution >= 4 is 34.2 Å². The molecular formula is C30H28N6O2. The van der Waals surface area contributed by atoms with Crippen LogP contribution < -0.4 is 5.32 Å². The molecule has 0 spiro atoms. The predicted octanol–water partition coefficient (Wildman–Crippen LogP) is 4.95. The number of piperidine rings is 1. The van der Waals surface area contributed by atoms with Crippen molar-refractivity contribution in [3.05, 3.63) is 97.0 Å². The molecule has 5 aromatic rings. The summed E-state index contributed by atoms with van der Waals surface area (Å²) >= 11 is 0. The fourth-order valence-electron chi connectivity index (χ4n) is 5.31. The molecular weight excluding hydrogens is 476 g/mol. The van der Waals surface area contributed by atoms with Crippen LogP contribution in [0.15, 0.2) is 85.8 Å². The first-order chi connectivity index (χ1) is 18.6. The second-order valence-electron chi connectivity index (χ2n) is 9.66. The lowest BCUT2D eigenvalue weighted by molar-refractivity contribution is -0.127. The maximum Gasteiger partial charge on any atom is 0.245 e. The number of nitrogens with zero attached hydrogens (tertiary/aromatic N) is 4. The van der Waals surface area contributed by atoms with Gasteiger partial charge in [0.25, 0.3) is 0 Å². The number of fused-ring (bicyclic) bond motifs is 2. The van der Waals surface area contributed by atoms with E-state index in [0.717, 1.165) is 59.2 Å². The molecule has 2 amide bonds. The first kappa shape index (κ1) is 23.7. The summed E-state index contributed by atoms with van der Waals surface area (Å²) in [6, 6.07) is 18.2. The standard InChI is InChI=1S/C30H28N6O2/c1-2-29(38)35-14-11-22(12-15-35)21-9-7-20(8-10-21)17-28(37)33-27-18-24(30-31-13-16-36(30)34-27)25-19-32-26-6-4-3-5-23(25)26/h2-10,13,16,18-19,22,32H,1,11-12,14-15,17H2,(H,33,34,37). The minimum atomic E-state index is -0.133. The molecule has 8 heteroatoms. The van der Waals surface area contributed by atoms with E-state index in [2.05, 4.69) is 45.2 Å². The van der Waals surface area contributed by atoms with Gasteiger partial charge in [-0.3, -0.25) is 9.59 Å². The predicted molar refractivity (Wildman–Crippen MR) is 148 cm³/mol. The Morgan fingerprint density at radius 3 is 2.66 bits per heavy atom. The normalized spacial score (nSPS) is 14.2. The van der Waals surface area contributed by atoms with E-state index >= 15 is 0 Å². The summed E-state index contributed by atoms with van der Waals surface area (Å²) in [5.74, 6) is 0.755. The van der Waals surface area contributed by atoms with Gasteiger partial charge in [-0.2, -0.15) is 0 Å². The van der Waals surface area contributed by atoms with Crippen LogP contribution in [-0.2, 0) is 16.0 Å². The lowest BCUT2D eigenvalue weighted by Gasteiger charge is -2.31. The van der Waals surface area contributed by atoms with Crippen molar-refractivity contribution < 1.29 is 9.59 Å². The van der Waals surface area contributed by atoms with Gasteiger partial charge >= 0.3 is 0 Å². The van der Waals surface area contributed by atoms with E-state index in [9.17, 15) is 9.59 Å². The zero-order valence-electron chi connectivity index (χ0n) is 20.9. The molecule has 0 radical (unpaired) electrons. The molecule has 8 nitrogen and oxygen atoms in total. The number of likely N-dealkylation sites (tertiary alicyclic amines) is 1. The number of aromatic amines is 1. The number of hydrogen-bond acceptors (Lipinski definition) is 4. The van der Waals surface area contributed by atoms with Crippen molar-refractivity contribution in [2.75, 3.05) is 18.4 Å². The highest BCUT2D eigenvalue weighted by atomic mass is 16.2. The minimum Gasteiger partial charge on any atom is -0.361 e. The molecule has 0 bridgehead atoms. The van der Waals surface area contributed by atoms with E-state index in [-0.39, 0.29) is 18.2 Å². The summed E-state index contributed by atoms with van der Waals surface area (Å²) in [4.78, 5) is 34.4. The van der Waals surface area contributed by atoms with Gasteiger partial charge in [-0.1, -0.05) is 49.0 Å². The van der Waals surface area contributed by atoms with Crippen LogP contribution in [0.5, 0.6) is 0 Å². The second-order valence-corrected chi connectivity index (χ2v) is 9.66. The third-order valence-electron chi connectivity index (χ3n) is 7.30. The molecule has 1 saturated heterocycles. The third kappa shape index (κ3) is 4.56. The van der Waals surface area contributed by atoms with E-state index in [1.165, 1.54) is 11.6 Å². The van der Waals surface area contributed by atoms with E-state index in [4.69, 9.17) is 0 Å². The number of H-pyrrole nitrogens is 1. The molecule has 1 aliphatic rings. The van der Waals surface area contributed by atoms with Crippen LogP contribution in [0, 0.1) is 0 Å². The molecule has 6 rings (SSSR count). The average Bonchev–Trinajstić information content (AvgIpc) is 3.60. The van der Waals surface area contributed by atoms with Gasteiger partial charge in [0.15, 0.2) is 11.5 Å². The van der Waals surface area contributed by atoms with Gasteiger partial charge in [0.05, 0.1) is 6.42 Å². The van der Waals surface area contributed by atoms with Gasteiger partial charge in [0.2, 0.25) is 11.8 Å². The number of hydrogen-bond donors (Lipinski definition) is 2. The lowest BCUT2D eigenvalue weighted by Crippen LogP contribution is -2.36. The van der Waals surface area contributed by atoms with Crippen LogP contribution in [0.4, 0.5) is 5.82 Å². The van der Waals surface area contributed by atoms with Crippen LogP contribution in [0.25, 0.3) is 27.7 Å². The number of rotatable bonds is 6. The van der Waals surface area contributed by atoms with Crippen LogP contribution in [0.1, 0.15) is 29.9 Å². The van der Waals surface area contributed by atoms with Crippen molar-refractivity contribution in [1.29, 1.82) is 0 Å². The molecule has 190 valence electrons. The number of anilines is 1. The van der Waals surface area contributed by atoms with Crippen molar-refractivity contribution in [1.82, 2.24) is 24.5 Å². The fourth-order valence-corrected chi connectivity index (χ4v) is 5.31. The van der Waals surface area contributed by atoms with E-state index in [1.54, 1.807) is 16.9 Å². The zero-order valence-corrected chi connectivity index (χ0v) is 20.9.